The monoisotopic (exact) mass is 453 g/mol. The van der Waals surface area contributed by atoms with Crippen LogP contribution in [0.2, 0.25) is 0 Å². The van der Waals surface area contributed by atoms with E-state index in [0.29, 0.717) is 47.8 Å². The lowest BCUT2D eigenvalue weighted by molar-refractivity contribution is -0.132. The molecule has 1 aromatic rings. The fraction of sp³-hybridized carbons (Fsp3) is 0.708. The summed E-state index contributed by atoms with van der Waals surface area (Å²) >= 11 is 11.6. The van der Waals surface area contributed by atoms with E-state index in [-0.39, 0.29) is 0 Å². The van der Waals surface area contributed by atoms with Gasteiger partial charge in [0.15, 0.2) is 0 Å². The van der Waals surface area contributed by atoms with Gasteiger partial charge >= 0.3 is 6.09 Å². The van der Waals surface area contributed by atoms with E-state index in [9.17, 15) is 9.90 Å². The molecule has 1 aromatic carbocycles. The van der Waals surface area contributed by atoms with Gasteiger partial charge in [0.25, 0.3) is 0 Å². The second-order valence-electron chi connectivity index (χ2n) is 9.71. The van der Waals surface area contributed by atoms with Gasteiger partial charge in [-0.2, -0.15) is 0 Å². The third kappa shape index (κ3) is 3.63. The normalized spacial score (nSPS) is 34.6. The quantitative estimate of drug-likeness (QED) is 0.593. The molecule has 0 aromatic heterocycles. The maximum atomic E-state index is 12.5. The fourth-order valence-electron chi connectivity index (χ4n) is 6.54. The minimum absolute atomic E-state index is 0.324. The molecule has 30 heavy (non-hydrogen) atoms. The molecule has 1 amide bonds. The van der Waals surface area contributed by atoms with Gasteiger partial charge in [-0.25, -0.2) is 4.79 Å². The van der Waals surface area contributed by atoms with E-state index < -0.39 is 11.7 Å². The number of ether oxygens (including phenoxy) is 1. The first-order valence-electron chi connectivity index (χ1n) is 11.3. The average molecular weight is 454 g/mol. The molecule has 3 aliphatic carbocycles. The van der Waals surface area contributed by atoms with Crippen LogP contribution in [0.15, 0.2) is 18.2 Å². The Morgan fingerprint density at radius 1 is 1.17 bits per heavy atom. The summed E-state index contributed by atoms with van der Waals surface area (Å²) in [6.45, 7) is 5.63. The number of aryl methyl sites for hydroxylation is 1. The topological polar surface area (TPSA) is 49.8 Å². The summed E-state index contributed by atoms with van der Waals surface area (Å²) in [5, 5.41) is 11.8. The summed E-state index contributed by atoms with van der Waals surface area (Å²) in [5.41, 5.74) is 1.75. The molecule has 0 saturated heterocycles. The fourth-order valence-corrected chi connectivity index (χ4v) is 6.95. The Labute approximate surface area is 189 Å². The SMILES string of the molecule is C[C@@H]1CC[C@@H]2[C@H]3CCc4cc(OC(=O)N(CCCl)CCCl)ccc4[C@]3(O)CC[C@@]12C. The largest absolute Gasteiger partial charge is 0.415 e. The van der Waals surface area contributed by atoms with Crippen LogP contribution >= 0.6 is 23.2 Å². The average Bonchev–Trinajstić information content (AvgIpc) is 3.02. The van der Waals surface area contributed by atoms with Gasteiger partial charge in [-0.05, 0) is 85.0 Å². The number of fused-ring (bicyclic) bond motifs is 5. The van der Waals surface area contributed by atoms with Gasteiger partial charge in [-0.1, -0.05) is 19.9 Å². The number of alkyl halides is 2. The maximum Gasteiger partial charge on any atom is 0.415 e. The van der Waals surface area contributed by atoms with E-state index in [1.165, 1.54) is 17.7 Å². The van der Waals surface area contributed by atoms with E-state index in [1.54, 1.807) is 0 Å². The van der Waals surface area contributed by atoms with Crippen LogP contribution < -0.4 is 4.74 Å². The van der Waals surface area contributed by atoms with Crippen molar-refractivity contribution in [1.82, 2.24) is 4.90 Å². The van der Waals surface area contributed by atoms with Gasteiger partial charge in [-0.3, -0.25) is 0 Å². The predicted octanol–water partition coefficient (Wildman–Crippen LogP) is 5.56. The molecule has 0 spiro atoms. The van der Waals surface area contributed by atoms with Crippen molar-refractivity contribution in [1.29, 1.82) is 0 Å². The molecular formula is C24H33Cl2NO3. The number of nitrogens with zero attached hydrogens (tertiary/aromatic N) is 1. The standard InChI is InChI=1S/C24H33Cl2NO3/c1-16-3-6-20-21-7-4-17-15-18(30-22(28)27(13-11-25)14-12-26)5-8-19(17)24(21,29)10-9-23(16,20)2/h5,8,15-16,20-21,29H,3-4,6-7,9-14H2,1-2H3/t16-,20-,21-,23+,24-/m1/s1. The van der Waals surface area contributed by atoms with Gasteiger partial charge in [0.1, 0.15) is 5.75 Å². The summed E-state index contributed by atoms with van der Waals surface area (Å²) < 4.78 is 5.60. The Kier molecular flexibility index (Phi) is 6.31. The molecule has 0 bridgehead atoms. The highest BCUT2D eigenvalue weighted by molar-refractivity contribution is 6.18. The molecule has 0 unspecified atom stereocenters. The maximum absolute atomic E-state index is 12.5. The minimum Gasteiger partial charge on any atom is -0.410 e. The minimum atomic E-state index is -0.756. The van der Waals surface area contributed by atoms with E-state index >= 15 is 0 Å². The second-order valence-corrected chi connectivity index (χ2v) is 10.5. The number of amides is 1. The van der Waals surface area contributed by atoms with Crippen molar-refractivity contribution in [2.24, 2.45) is 23.2 Å². The highest BCUT2D eigenvalue weighted by Gasteiger charge is 2.58. The molecule has 2 saturated carbocycles. The number of carbonyl (C=O) groups excluding carboxylic acids is 1. The third-order valence-corrected chi connectivity index (χ3v) is 8.81. The Bertz CT molecular complexity index is 797. The number of aliphatic hydroxyl groups is 1. The molecule has 0 radical (unpaired) electrons. The Hall–Kier alpha value is -0.970. The molecule has 4 nitrogen and oxygen atoms in total. The Morgan fingerprint density at radius 2 is 1.90 bits per heavy atom. The number of halogens is 2. The van der Waals surface area contributed by atoms with Gasteiger partial charge in [0, 0.05) is 24.8 Å². The van der Waals surface area contributed by atoms with Crippen LogP contribution in [0.25, 0.3) is 0 Å². The van der Waals surface area contributed by atoms with Gasteiger partial charge < -0.3 is 14.7 Å². The van der Waals surface area contributed by atoms with Gasteiger partial charge in [0.05, 0.1) is 5.60 Å². The van der Waals surface area contributed by atoms with Crippen LogP contribution in [0.5, 0.6) is 5.75 Å². The summed E-state index contributed by atoms with van der Waals surface area (Å²) in [6, 6.07) is 5.74. The first kappa shape index (κ1) is 22.2. The van der Waals surface area contributed by atoms with Crippen molar-refractivity contribution in [3.63, 3.8) is 0 Å². The molecular weight excluding hydrogens is 421 g/mol. The molecule has 0 heterocycles. The Balaban J connectivity index is 1.55. The van der Waals surface area contributed by atoms with Crippen molar-refractivity contribution in [3.8, 4) is 5.75 Å². The molecule has 4 rings (SSSR count). The summed E-state index contributed by atoms with van der Waals surface area (Å²) in [6.07, 6.45) is 5.88. The van der Waals surface area contributed by atoms with E-state index in [2.05, 4.69) is 13.8 Å². The van der Waals surface area contributed by atoms with Crippen LogP contribution in [-0.4, -0.2) is 40.9 Å². The summed E-state index contributed by atoms with van der Waals surface area (Å²) in [4.78, 5) is 14.0. The number of hydrogen-bond donors (Lipinski definition) is 1. The molecule has 1 N–H and O–H groups in total. The first-order valence-corrected chi connectivity index (χ1v) is 12.3. The highest BCUT2D eigenvalue weighted by atomic mass is 35.5. The lowest BCUT2D eigenvalue weighted by Gasteiger charge is -2.55. The van der Waals surface area contributed by atoms with Gasteiger partial charge in [-0.15, -0.1) is 23.2 Å². The summed E-state index contributed by atoms with van der Waals surface area (Å²) in [5.74, 6) is 2.85. The number of carbonyl (C=O) groups is 1. The second kappa shape index (κ2) is 8.52. The molecule has 2 fully saturated rings. The molecule has 0 aliphatic heterocycles. The van der Waals surface area contributed by atoms with E-state index in [4.69, 9.17) is 27.9 Å². The lowest BCUT2D eigenvalue weighted by Crippen LogP contribution is -2.51. The van der Waals surface area contributed by atoms with Crippen LogP contribution in [0, 0.1) is 23.2 Å². The van der Waals surface area contributed by atoms with Crippen LogP contribution in [0.1, 0.15) is 57.1 Å². The summed E-state index contributed by atoms with van der Waals surface area (Å²) in [7, 11) is 0. The van der Waals surface area contributed by atoms with Crippen molar-refractivity contribution in [2.75, 3.05) is 24.8 Å². The van der Waals surface area contributed by atoms with E-state index in [1.807, 2.05) is 18.2 Å². The number of rotatable bonds is 5. The Morgan fingerprint density at radius 3 is 2.60 bits per heavy atom. The number of hydrogen-bond acceptors (Lipinski definition) is 3. The third-order valence-electron chi connectivity index (χ3n) is 8.47. The highest BCUT2D eigenvalue weighted by Crippen LogP contribution is 2.64. The zero-order valence-corrected chi connectivity index (χ0v) is 19.5. The van der Waals surface area contributed by atoms with E-state index in [0.717, 1.165) is 42.7 Å². The van der Waals surface area contributed by atoms with Crippen molar-refractivity contribution in [2.45, 2.75) is 58.0 Å². The molecule has 5 atom stereocenters. The van der Waals surface area contributed by atoms with Crippen molar-refractivity contribution in [3.05, 3.63) is 29.3 Å². The van der Waals surface area contributed by atoms with Crippen molar-refractivity contribution >= 4 is 29.3 Å². The zero-order chi connectivity index (χ0) is 21.5. The van der Waals surface area contributed by atoms with Crippen LogP contribution in [-0.2, 0) is 12.0 Å². The molecule has 166 valence electrons. The number of benzene rings is 1. The smallest absolute Gasteiger partial charge is 0.410 e. The van der Waals surface area contributed by atoms with Crippen molar-refractivity contribution < 1.29 is 14.6 Å². The van der Waals surface area contributed by atoms with Gasteiger partial charge in [0.2, 0.25) is 0 Å². The van der Waals surface area contributed by atoms with Crippen LogP contribution in [0.4, 0.5) is 4.79 Å². The molecule has 6 heteroatoms. The molecule has 3 aliphatic rings. The zero-order valence-electron chi connectivity index (χ0n) is 18.0. The first-order chi connectivity index (χ1) is 14.3. The lowest BCUT2D eigenvalue weighted by atomic mass is 9.52. The van der Waals surface area contributed by atoms with Crippen LogP contribution in [0.3, 0.4) is 0 Å². The predicted molar refractivity (Wildman–Crippen MR) is 120 cm³/mol.